The largest absolute Gasteiger partial charge is 0.463 e. The molecule has 0 aliphatic heterocycles. The molecule has 0 bridgehead atoms. The van der Waals surface area contributed by atoms with Crippen molar-refractivity contribution in [3.8, 4) is 0 Å². The number of pyridine rings is 1. The van der Waals surface area contributed by atoms with Gasteiger partial charge in [-0.15, -0.1) is 0 Å². The highest BCUT2D eigenvalue weighted by Crippen LogP contribution is 2.15. The summed E-state index contributed by atoms with van der Waals surface area (Å²) in [6.07, 6.45) is 3.86. The minimum Gasteiger partial charge on any atom is -0.463 e. The van der Waals surface area contributed by atoms with E-state index in [4.69, 9.17) is 4.74 Å². The third-order valence-electron chi connectivity index (χ3n) is 1.98. The van der Waals surface area contributed by atoms with Crippen molar-refractivity contribution >= 4 is 17.7 Å². The molecule has 0 N–H and O–H groups in total. The van der Waals surface area contributed by atoms with Crippen molar-refractivity contribution in [3.63, 3.8) is 0 Å². The molecule has 1 rings (SSSR count). The summed E-state index contributed by atoms with van der Waals surface area (Å²) in [5.74, 6) is -0.466. The van der Waals surface area contributed by atoms with Crippen molar-refractivity contribution < 1.29 is 14.5 Å². The number of aromatic nitrogens is 1. The predicted molar refractivity (Wildman–Crippen MR) is 61.3 cm³/mol. The van der Waals surface area contributed by atoms with Gasteiger partial charge in [-0.2, -0.15) is 0 Å². The smallest absolute Gasteiger partial charge is 0.330 e. The maximum absolute atomic E-state index is 11.1. The molecular weight excluding hydrogens is 224 g/mol. The summed E-state index contributed by atoms with van der Waals surface area (Å²) in [6, 6.07) is 1.40. The highest BCUT2D eigenvalue weighted by molar-refractivity contribution is 5.86. The molecule has 0 atom stereocenters. The van der Waals surface area contributed by atoms with Crippen LogP contribution in [0.25, 0.3) is 6.08 Å². The Labute approximate surface area is 98.1 Å². The lowest BCUT2D eigenvalue weighted by Crippen LogP contribution is -1.99. The van der Waals surface area contributed by atoms with E-state index in [1.807, 2.05) is 0 Å². The van der Waals surface area contributed by atoms with E-state index < -0.39 is 10.9 Å². The summed E-state index contributed by atoms with van der Waals surface area (Å²) in [7, 11) is 0. The van der Waals surface area contributed by atoms with Gasteiger partial charge in [-0.05, 0) is 25.5 Å². The van der Waals surface area contributed by atoms with E-state index in [0.717, 1.165) is 6.20 Å². The molecule has 17 heavy (non-hydrogen) atoms. The highest BCUT2D eigenvalue weighted by Gasteiger charge is 2.07. The van der Waals surface area contributed by atoms with Gasteiger partial charge in [0, 0.05) is 12.1 Å². The molecule has 90 valence electrons. The molecule has 0 unspecified atom stereocenters. The van der Waals surface area contributed by atoms with Crippen LogP contribution in [0.2, 0.25) is 0 Å². The molecule has 0 fully saturated rings. The first-order valence-electron chi connectivity index (χ1n) is 5.00. The second-order valence-electron chi connectivity index (χ2n) is 3.24. The predicted octanol–water partition coefficient (Wildman–Crippen LogP) is 1.87. The van der Waals surface area contributed by atoms with Crippen molar-refractivity contribution in [2.75, 3.05) is 6.61 Å². The van der Waals surface area contributed by atoms with E-state index in [0.29, 0.717) is 17.9 Å². The first kappa shape index (κ1) is 12.8. The molecule has 0 aliphatic rings. The van der Waals surface area contributed by atoms with Crippen LogP contribution in [0.3, 0.4) is 0 Å². The number of aryl methyl sites for hydroxylation is 1. The van der Waals surface area contributed by atoms with Crippen LogP contribution < -0.4 is 0 Å². The molecule has 6 heteroatoms. The summed E-state index contributed by atoms with van der Waals surface area (Å²) in [6.45, 7) is 3.70. The van der Waals surface area contributed by atoms with Gasteiger partial charge in [0.2, 0.25) is 0 Å². The second kappa shape index (κ2) is 5.74. The maximum Gasteiger partial charge on any atom is 0.330 e. The fourth-order valence-electron chi connectivity index (χ4n) is 1.18. The molecule has 0 spiro atoms. The van der Waals surface area contributed by atoms with Crippen LogP contribution in [0.1, 0.15) is 18.2 Å². The molecule has 0 radical (unpaired) electrons. The van der Waals surface area contributed by atoms with Crippen LogP contribution in [0.15, 0.2) is 18.3 Å². The number of ether oxygens (including phenoxy) is 1. The number of nitrogens with zero attached hydrogens (tertiary/aromatic N) is 2. The maximum atomic E-state index is 11.1. The summed E-state index contributed by atoms with van der Waals surface area (Å²) in [5.41, 5.74) is 1.05. The zero-order valence-corrected chi connectivity index (χ0v) is 9.54. The van der Waals surface area contributed by atoms with Gasteiger partial charge in [-0.25, -0.2) is 9.78 Å². The molecule has 0 aliphatic carbocycles. The molecule has 0 saturated carbocycles. The van der Waals surface area contributed by atoms with Gasteiger partial charge in [-0.3, -0.25) is 10.1 Å². The first-order chi connectivity index (χ1) is 8.04. The lowest BCUT2D eigenvalue weighted by atomic mass is 10.2. The van der Waals surface area contributed by atoms with E-state index in [1.54, 1.807) is 13.8 Å². The van der Waals surface area contributed by atoms with Crippen molar-refractivity contribution in [2.45, 2.75) is 13.8 Å². The number of carbonyl (C=O) groups is 1. The van der Waals surface area contributed by atoms with E-state index in [2.05, 4.69) is 4.98 Å². The van der Waals surface area contributed by atoms with E-state index in [-0.39, 0.29) is 5.69 Å². The van der Waals surface area contributed by atoms with Crippen LogP contribution >= 0.6 is 0 Å². The number of hydrogen-bond acceptors (Lipinski definition) is 5. The van der Waals surface area contributed by atoms with E-state index in [9.17, 15) is 14.9 Å². The topological polar surface area (TPSA) is 82.3 Å². The van der Waals surface area contributed by atoms with E-state index in [1.165, 1.54) is 18.2 Å². The zero-order valence-electron chi connectivity index (χ0n) is 9.54. The summed E-state index contributed by atoms with van der Waals surface area (Å²) in [4.78, 5) is 24.9. The normalized spacial score (nSPS) is 10.5. The van der Waals surface area contributed by atoms with Gasteiger partial charge >= 0.3 is 5.97 Å². The number of carbonyl (C=O) groups excluding carboxylic acids is 1. The fraction of sp³-hybridized carbons (Fsp3) is 0.273. The van der Waals surface area contributed by atoms with Crippen LogP contribution in [0, 0.1) is 17.0 Å². The van der Waals surface area contributed by atoms with Crippen molar-refractivity contribution in [3.05, 3.63) is 39.7 Å². The number of hydrogen-bond donors (Lipinski definition) is 0. The number of nitro groups is 1. The highest BCUT2D eigenvalue weighted by atomic mass is 16.6. The average Bonchev–Trinajstić information content (AvgIpc) is 2.27. The van der Waals surface area contributed by atoms with Gasteiger partial charge in [0.15, 0.2) is 0 Å². The van der Waals surface area contributed by atoms with Gasteiger partial charge in [0.25, 0.3) is 5.69 Å². The Kier molecular flexibility index (Phi) is 4.33. The number of rotatable bonds is 4. The molecule has 1 heterocycles. The summed E-state index contributed by atoms with van der Waals surface area (Å²) >= 11 is 0. The fourth-order valence-corrected chi connectivity index (χ4v) is 1.18. The Balaban J connectivity index is 2.86. The van der Waals surface area contributed by atoms with Crippen LogP contribution in [-0.4, -0.2) is 22.5 Å². The van der Waals surface area contributed by atoms with Crippen molar-refractivity contribution in [1.82, 2.24) is 4.98 Å². The molecule has 0 saturated heterocycles. The monoisotopic (exact) mass is 236 g/mol. The minimum atomic E-state index is -0.515. The van der Waals surface area contributed by atoms with Crippen LogP contribution in [0.4, 0.5) is 5.69 Å². The standard InChI is InChI=1S/C11H12N2O4/c1-3-17-11(14)5-4-10-8(2)6-9(7-12-10)13(15)16/h4-7H,3H2,1-2H3. The Morgan fingerprint density at radius 3 is 2.88 bits per heavy atom. The summed E-state index contributed by atoms with van der Waals surface area (Å²) < 4.78 is 4.70. The van der Waals surface area contributed by atoms with Crippen molar-refractivity contribution in [2.24, 2.45) is 0 Å². The SMILES string of the molecule is CCOC(=O)C=Cc1ncc([N+](=O)[O-])cc1C. The Morgan fingerprint density at radius 2 is 2.35 bits per heavy atom. The third kappa shape index (κ3) is 3.67. The van der Waals surface area contributed by atoms with E-state index >= 15 is 0 Å². The van der Waals surface area contributed by atoms with Gasteiger partial charge < -0.3 is 4.74 Å². The molecule has 0 amide bonds. The van der Waals surface area contributed by atoms with Crippen LogP contribution in [0.5, 0.6) is 0 Å². The minimum absolute atomic E-state index is 0.0733. The lowest BCUT2D eigenvalue weighted by molar-refractivity contribution is -0.385. The van der Waals surface area contributed by atoms with Gasteiger partial charge in [0.05, 0.1) is 17.2 Å². The second-order valence-corrected chi connectivity index (χ2v) is 3.24. The molecule has 0 aromatic carbocycles. The quantitative estimate of drug-likeness (QED) is 0.345. The lowest BCUT2D eigenvalue weighted by Gasteiger charge is -1.99. The number of esters is 1. The Hall–Kier alpha value is -2.24. The zero-order chi connectivity index (χ0) is 12.8. The molecule has 6 nitrogen and oxygen atoms in total. The molecule has 1 aromatic heterocycles. The van der Waals surface area contributed by atoms with Gasteiger partial charge in [0.1, 0.15) is 6.20 Å². The van der Waals surface area contributed by atoms with Crippen molar-refractivity contribution in [1.29, 1.82) is 0 Å². The third-order valence-corrected chi connectivity index (χ3v) is 1.98. The summed E-state index contributed by atoms with van der Waals surface area (Å²) in [5, 5.41) is 10.5. The average molecular weight is 236 g/mol. The van der Waals surface area contributed by atoms with Crippen LogP contribution in [-0.2, 0) is 9.53 Å². The molecular formula is C11H12N2O4. The molecule has 1 aromatic rings. The Morgan fingerprint density at radius 1 is 1.65 bits per heavy atom. The Bertz CT molecular complexity index is 469. The van der Waals surface area contributed by atoms with Gasteiger partial charge in [-0.1, -0.05) is 0 Å². The first-order valence-corrected chi connectivity index (χ1v) is 5.00.